The average molecular weight is 485 g/mol. The maximum atomic E-state index is 12.7. The van der Waals surface area contributed by atoms with E-state index in [4.69, 9.17) is 16.6 Å². The normalized spacial score (nSPS) is 17.4. The number of rotatable bonds is 8. The lowest BCUT2D eigenvalue weighted by atomic mass is 10.1. The van der Waals surface area contributed by atoms with Gasteiger partial charge in [0.05, 0.1) is 16.1 Å². The molecule has 2 N–H and O–H groups in total. The Labute approximate surface area is 203 Å². The first-order valence-corrected chi connectivity index (χ1v) is 12.8. The number of benzene rings is 1. The van der Waals surface area contributed by atoms with Crippen molar-refractivity contribution in [2.45, 2.75) is 25.3 Å². The first-order valence-electron chi connectivity index (χ1n) is 11.6. The molecule has 0 radical (unpaired) electrons. The minimum Gasteiger partial charge on any atom is -0.354 e. The largest absolute Gasteiger partial charge is 0.354 e. The lowest BCUT2D eigenvalue weighted by molar-refractivity contribution is 0.0953. The molecule has 2 aromatic heterocycles. The first-order chi connectivity index (χ1) is 16.1. The van der Waals surface area contributed by atoms with Crippen molar-refractivity contribution < 1.29 is 4.79 Å². The van der Waals surface area contributed by atoms with Crippen molar-refractivity contribution >= 4 is 44.9 Å². The second kappa shape index (κ2) is 9.93. The summed E-state index contributed by atoms with van der Waals surface area (Å²) in [6.45, 7) is 6.41. The molecule has 5 rings (SSSR count). The second-order valence-electron chi connectivity index (χ2n) is 8.89. The molecule has 1 aliphatic heterocycles. The fourth-order valence-electron chi connectivity index (χ4n) is 4.07. The van der Waals surface area contributed by atoms with Gasteiger partial charge in [-0.05, 0) is 51.1 Å². The highest BCUT2D eigenvalue weighted by Gasteiger charge is 2.25. The molecule has 2 aliphatic rings. The van der Waals surface area contributed by atoms with E-state index in [1.165, 1.54) is 0 Å². The Morgan fingerprint density at radius 2 is 2.06 bits per heavy atom. The van der Waals surface area contributed by atoms with Gasteiger partial charge in [-0.3, -0.25) is 4.79 Å². The Bertz CT molecular complexity index is 1140. The van der Waals surface area contributed by atoms with Gasteiger partial charge in [-0.1, -0.05) is 17.7 Å². The van der Waals surface area contributed by atoms with Crippen LogP contribution in [0.2, 0.25) is 5.02 Å². The summed E-state index contributed by atoms with van der Waals surface area (Å²) in [4.78, 5) is 27.6. The number of piperazine rings is 1. The molecule has 1 amide bonds. The summed E-state index contributed by atoms with van der Waals surface area (Å²) in [5.41, 5.74) is 1.40. The number of likely N-dealkylation sites (N-methyl/N-ethyl adjacent to an activating group) is 1. The van der Waals surface area contributed by atoms with Crippen molar-refractivity contribution in [3.05, 3.63) is 41.0 Å². The number of thiophene rings is 1. The van der Waals surface area contributed by atoms with Crippen molar-refractivity contribution in [1.29, 1.82) is 0 Å². The quantitative estimate of drug-likeness (QED) is 0.471. The molecule has 0 bridgehead atoms. The van der Waals surface area contributed by atoms with E-state index in [1.807, 2.05) is 24.3 Å². The van der Waals surface area contributed by atoms with Gasteiger partial charge in [0.15, 0.2) is 0 Å². The minimum absolute atomic E-state index is 0.0102. The van der Waals surface area contributed by atoms with Crippen LogP contribution in [-0.2, 0) is 0 Å². The van der Waals surface area contributed by atoms with Crippen molar-refractivity contribution in [3.8, 4) is 10.6 Å². The van der Waals surface area contributed by atoms with Crippen LogP contribution in [0.4, 0.5) is 5.95 Å². The van der Waals surface area contributed by atoms with Gasteiger partial charge < -0.3 is 20.4 Å². The van der Waals surface area contributed by atoms with E-state index >= 15 is 0 Å². The summed E-state index contributed by atoms with van der Waals surface area (Å²) in [6.07, 6.45) is 4.82. The van der Waals surface area contributed by atoms with E-state index in [0.29, 0.717) is 28.3 Å². The Morgan fingerprint density at radius 1 is 1.24 bits per heavy atom. The van der Waals surface area contributed by atoms with Gasteiger partial charge in [0, 0.05) is 54.4 Å². The molecular formula is C24H29ClN6OS. The van der Waals surface area contributed by atoms with Gasteiger partial charge in [-0.2, -0.15) is 0 Å². The summed E-state index contributed by atoms with van der Waals surface area (Å²) in [7, 11) is 2.18. The van der Waals surface area contributed by atoms with Gasteiger partial charge in [-0.25, -0.2) is 9.97 Å². The molecule has 2 fully saturated rings. The van der Waals surface area contributed by atoms with E-state index in [-0.39, 0.29) is 5.91 Å². The van der Waals surface area contributed by atoms with Gasteiger partial charge >= 0.3 is 0 Å². The predicted octanol–water partition coefficient (Wildman–Crippen LogP) is 3.95. The average Bonchev–Trinajstić information content (AvgIpc) is 3.52. The van der Waals surface area contributed by atoms with Crippen LogP contribution in [-0.4, -0.2) is 78.0 Å². The van der Waals surface area contributed by atoms with Crippen LogP contribution in [0, 0.1) is 0 Å². The third-order valence-corrected chi connectivity index (χ3v) is 7.61. The molecule has 9 heteroatoms. The third-order valence-electron chi connectivity index (χ3n) is 6.23. The summed E-state index contributed by atoms with van der Waals surface area (Å²) < 4.78 is 1.05. The van der Waals surface area contributed by atoms with Crippen LogP contribution in [0.5, 0.6) is 0 Å². The molecule has 1 aliphatic carbocycles. The highest BCUT2D eigenvalue weighted by atomic mass is 35.5. The number of hydrogen-bond donors (Lipinski definition) is 2. The van der Waals surface area contributed by atoms with Crippen molar-refractivity contribution in [2.24, 2.45) is 0 Å². The molecule has 1 saturated carbocycles. The summed E-state index contributed by atoms with van der Waals surface area (Å²) in [6, 6.07) is 8.19. The Hall–Kier alpha value is -2.26. The number of halogens is 1. The van der Waals surface area contributed by atoms with Crippen molar-refractivity contribution in [2.75, 3.05) is 51.6 Å². The minimum atomic E-state index is -0.0102. The molecule has 7 nitrogen and oxygen atoms in total. The molecule has 1 aromatic carbocycles. The summed E-state index contributed by atoms with van der Waals surface area (Å²) in [5, 5.41) is 7.87. The van der Waals surface area contributed by atoms with Gasteiger partial charge in [0.25, 0.3) is 5.91 Å². The van der Waals surface area contributed by atoms with E-state index in [9.17, 15) is 4.79 Å². The monoisotopic (exact) mass is 484 g/mol. The van der Waals surface area contributed by atoms with Crippen LogP contribution < -0.4 is 10.6 Å². The van der Waals surface area contributed by atoms with Crippen LogP contribution in [0.15, 0.2) is 30.5 Å². The number of hydrogen-bond acceptors (Lipinski definition) is 7. The highest BCUT2D eigenvalue weighted by Crippen LogP contribution is 2.37. The number of carbonyl (C=O) groups excluding carboxylic acids is 1. The number of anilines is 1. The van der Waals surface area contributed by atoms with Crippen LogP contribution >= 0.6 is 22.9 Å². The molecule has 0 atom stereocenters. The molecule has 33 heavy (non-hydrogen) atoms. The topological polar surface area (TPSA) is 73.4 Å². The predicted molar refractivity (Wildman–Crippen MR) is 135 cm³/mol. The van der Waals surface area contributed by atoms with E-state index in [0.717, 1.165) is 73.5 Å². The van der Waals surface area contributed by atoms with Gasteiger partial charge in [0.1, 0.15) is 5.69 Å². The number of amides is 1. The molecule has 3 aromatic rings. The maximum absolute atomic E-state index is 12.7. The van der Waals surface area contributed by atoms with E-state index in [1.54, 1.807) is 17.5 Å². The Morgan fingerprint density at radius 3 is 2.85 bits per heavy atom. The van der Waals surface area contributed by atoms with Crippen LogP contribution in [0.1, 0.15) is 29.6 Å². The molecular weight excluding hydrogens is 456 g/mol. The molecule has 174 valence electrons. The zero-order valence-electron chi connectivity index (χ0n) is 18.8. The smallest absolute Gasteiger partial charge is 0.252 e. The lowest BCUT2D eigenvalue weighted by Crippen LogP contribution is -2.44. The second-order valence-corrected chi connectivity index (χ2v) is 10.4. The SMILES string of the molecule is CN1CCN(CCCNc2ncc(Cl)c(-c3cc4c(C(=O)NC5CC5)cccc4s3)n2)CC1. The van der Waals surface area contributed by atoms with Crippen LogP contribution in [0.25, 0.3) is 20.7 Å². The maximum Gasteiger partial charge on any atom is 0.252 e. The van der Waals surface area contributed by atoms with Gasteiger partial charge in [-0.15, -0.1) is 11.3 Å². The van der Waals surface area contributed by atoms with Crippen LogP contribution in [0.3, 0.4) is 0 Å². The highest BCUT2D eigenvalue weighted by molar-refractivity contribution is 7.22. The Kier molecular flexibility index (Phi) is 6.78. The molecule has 1 saturated heterocycles. The number of nitrogens with zero attached hydrogens (tertiary/aromatic N) is 4. The zero-order chi connectivity index (χ0) is 22.8. The molecule has 3 heterocycles. The number of nitrogens with one attached hydrogen (secondary N) is 2. The first kappa shape index (κ1) is 22.5. The fraction of sp³-hybridized carbons (Fsp3) is 0.458. The lowest BCUT2D eigenvalue weighted by Gasteiger charge is -2.32. The van der Waals surface area contributed by atoms with Gasteiger partial charge in [0.2, 0.25) is 5.95 Å². The summed E-state index contributed by atoms with van der Waals surface area (Å²) >= 11 is 8.07. The number of fused-ring (bicyclic) bond motifs is 1. The third kappa shape index (κ3) is 5.46. The Balaban J connectivity index is 1.27. The van der Waals surface area contributed by atoms with Crippen molar-refractivity contribution in [1.82, 2.24) is 25.1 Å². The molecule has 0 spiro atoms. The zero-order valence-corrected chi connectivity index (χ0v) is 20.4. The molecule has 0 unspecified atom stereocenters. The van der Waals surface area contributed by atoms with E-state index in [2.05, 4.69) is 32.5 Å². The summed E-state index contributed by atoms with van der Waals surface area (Å²) in [5.74, 6) is 0.570. The van der Waals surface area contributed by atoms with E-state index < -0.39 is 0 Å². The number of carbonyl (C=O) groups is 1. The van der Waals surface area contributed by atoms with Crippen molar-refractivity contribution in [3.63, 3.8) is 0 Å². The standard InChI is InChI=1S/C24H29ClN6OS/c1-30-10-12-31(13-11-30)9-3-8-26-24-27-15-19(25)22(29-24)21-14-18-17(4-2-5-20(18)33-21)23(32)28-16-6-7-16/h2,4-5,14-16H,3,6-13H2,1H3,(H,28,32)(H,26,27,29). The number of aromatic nitrogens is 2. The fourth-order valence-corrected chi connectivity index (χ4v) is 5.41.